The molecule has 0 unspecified atom stereocenters. The van der Waals surface area contributed by atoms with Crippen molar-refractivity contribution in [1.29, 1.82) is 0 Å². The Morgan fingerprint density at radius 3 is 2.44 bits per heavy atom. The number of nitrogens with one attached hydrogen (secondary N) is 1. The van der Waals surface area contributed by atoms with Crippen LogP contribution in [0.3, 0.4) is 0 Å². The number of rotatable bonds is 10. The van der Waals surface area contributed by atoms with Crippen molar-refractivity contribution in [3.8, 4) is 11.3 Å². The maximum Gasteiger partial charge on any atom is 0.527 e. The minimum Gasteiger partial charge on any atom is -0.481 e. The number of aliphatic hydroxyl groups is 1. The Bertz CT molecular complexity index is 1240. The Balaban J connectivity index is 1.51. The number of anilines is 1. The number of hydrogen-bond acceptors (Lipinski definition) is 10. The molecule has 0 aliphatic carbocycles. The number of amides is 2. The summed E-state index contributed by atoms with van der Waals surface area (Å²) in [5.74, 6) is -2.14. The largest absolute Gasteiger partial charge is 0.527 e. The van der Waals surface area contributed by atoms with Gasteiger partial charge in [-0.3, -0.25) is 14.4 Å². The van der Waals surface area contributed by atoms with Gasteiger partial charge in [0.15, 0.2) is 0 Å². The predicted molar refractivity (Wildman–Crippen MR) is 147 cm³/mol. The smallest absolute Gasteiger partial charge is 0.481 e. The first-order chi connectivity index (χ1) is 19.7. The second-order valence-corrected chi connectivity index (χ2v) is 9.84. The predicted octanol–water partition coefficient (Wildman–Crippen LogP) is 1.52. The molecule has 2 fully saturated rings. The zero-order valence-electron chi connectivity index (χ0n) is 22.9. The van der Waals surface area contributed by atoms with Gasteiger partial charge in [-0.1, -0.05) is 30.3 Å². The summed E-state index contributed by atoms with van der Waals surface area (Å²) in [7, 11) is 0. The van der Waals surface area contributed by atoms with Crippen molar-refractivity contribution < 1.29 is 39.0 Å². The lowest BCUT2D eigenvalue weighted by atomic mass is 10.1. The van der Waals surface area contributed by atoms with E-state index in [1.54, 1.807) is 13.0 Å². The number of hydrogen-bond donors (Lipinski definition) is 3. The zero-order chi connectivity index (χ0) is 29.4. The number of aliphatic carboxylic acids is 1. The molecule has 1 aromatic heterocycles. The molecule has 0 radical (unpaired) electrons. The number of ether oxygens (including phenoxy) is 1. The van der Waals surface area contributed by atoms with E-state index in [0.29, 0.717) is 30.9 Å². The van der Waals surface area contributed by atoms with E-state index in [1.165, 1.54) is 9.96 Å². The van der Waals surface area contributed by atoms with E-state index in [1.807, 2.05) is 41.3 Å². The molecule has 13 heteroatoms. The van der Waals surface area contributed by atoms with E-state index in [-0.39, 0.29) is 51.3 Å². The average Bonchev–Trinajstić information content (AvgIpc) is 3.41. The number of aliphatic hydroxyl groups excluding tert-OH is 1. The molecular weight excluding hydrogens is 534 g/mol. The van der Waals surface area contributed by atoms with Gasteiger partial charge >= 0.3 is 12.1 Å². The molecule has 2 aliphatic rings. The molecule has 0 spiro atoms. The Kier molecular flexibility index (Phi) is 10.1. The molecular formula is C28H35N5O8. The standard InChI is InChI=1S/C28H35N5O8/c1-2-40-28(39)41-33-14-12-31(13-15-33)27(38)22(8-9-25(35)36)30-26(37)24-17-20(32-11-10-21(34)18-32)16-23(29-24)19-6-4-3-5-7-19/h3-7,16-17,21-22,34H,2,8-15,18H2,1H3,(H,30,37)(H,35,36)/t21-,22+/m1/s1. The maximum absolute atomic E-state index is 13.5. The molecule has 1 aromatic carbocycles. The molecule has 4 rings (SSSR count). The normalized spacial score (nSPS) is 18.0. The molecule has 2 aromatic rings. The van der Waals surface area contributed by atoms with E-state index in [9.17, 15) is 29.4 Å². The van der Waals surface area contributed by atoms with Gasteiger partial charge in [0.25, 0.3) is 5.91 Å². The molecule has 3 heterocycles. The van der Waals surface area contributed by atoms with E-state index in [0.717, 1.165) is 5.56 Å². The number of β-amino-alcohol motifs (C(OH)–C–C–N with tert-alkyl or cyclic N) is 1. The van der Waals surface area contributed by atoms with Crippen LogP contribution in [0.15, 0.2) is 42.5 Å². The van der Waals surface area contributed by atoms with Crippen molar-refractivity contribution in [2.24, 2.45) is 0 Å². The van der Waals surface area contributed by atoms with Crippen molar-refractivity contribution in [2.45, 2.75) is 38.3 Å². The van der Waals surface area contributed by atoms with E-state index in [4.69, 9.17) is 9.57 Å². The third-order valence-electron chi connectivity index (χ3n) is 6.91. The van der Waals surface area contributed by atoms with Crippen LogP contribution < -0.4 is 10.2 Å². The van der Waals surface area contributed by atoms with Crippen LogP contribution in [-0.4, -0.2) is 107 Å². The van der Waals surface area contributed by atoms with Crippen molar-refractivity contribution in [1.82, 2.24) is 20.3 Å². The van der Waals surface area contributed by atoms with Gasteiger partial charge in [-0.15, -0.1) is 5.06 Å². The first-order valence-corrected chi connectivity index (χ1v) is 13.6. The second-order valence-electron chi connectivity index (χ2n) is 9.84. The van der Waals surface area contributed by atoms with Gasteiger partial charge in [0, 0.05) is 43.9 Å². The van der Waals surface area contributed by atoms with Crippen LogP contribution in [0.1, 0.15) is 36.7 Å². The fourth-order valence-corrected chi connectivity index (χ4v) is 4.78. The van der Waals surface area contributed by atoms with E-state index in [2.05, 4.69) is 10.3 Å². The molecule has 2 saturated heterocycles. The van der Waals surface area contributed by atoms with Gasteiger partial charge in [-0.05, 0) is 31.9 Å². The zero-order valence-corrected chi connectivity index (χ0v) is 22.9. The molecule has 13 nitrogen and oxygen atoms in total. The number of hydroxylamine groups is 2. The molecule has 220 valence electrons. The van der Waals surface area contributed by atoms with E-state index >= 15 is 0 Å². The van der Waals surface area contributed by atoms with Gasteiger partial charge in [0.1, 0.15) is 11.7 Å². The summed E-state index contributed by atoms with van der Waals surface area (Å²) in [6.07, 6.45) is -1.12. The van der Waals surface area contributed by atoms with Crippen molar-refractivity contribution in [3.05, 3.63) is 48.2 Å². The lowest BCUT2D eigenvalue weighted by Crippen LogP contribution is -2.55. The maximum atomic E-state index is 13.5. The van der Waals surface area contributed by atoms with Crippen molar-refractivity contribution in [3.63, 3.8) is 0 Å². The van der Waals surface area contributed by atoms with Crippen LogP contribution in [0.2, 0.25) is 0 Å². The number of aromatic nitrogens is 1. The summed E-state index contributed by atoms with van der Waals surface area (Å²) in [6.45, 7) is 3.76. The van der Waals surface area contributed by atoms with Crippen LogP contribution in [0.25, 0.3) is 11.3 Å². The third kappa shape index (κ3) is 8.14. The molecule has 0 bridgehead atoms. The molecule has 2 aliphatic heterocycles. The minimum atomic E-state index is -1.10. The van der Waals surface area contributed by atoms with Crippen LogP contribution in [0, 0.1) is 0 Å². The first kappa shape index (κ1) is 29.7. The summed E-state index contributed by atoms with van der Waals surface area (Å²) in [4.78, 5) is 63.0. The lowest BCUT2D eigenvalue weighted by molar-refractivity contribution is -0.157. The fraction of sp³-hybridized carbons (Fsp3) is 0.464. The highest BCUT2D eigenvalue weighted by Crippen LogP contribution is 2.27. The fourth-order valence-electron chi connectivity index (χ4n) is 4.78. The average molecular weight is 570 g/mol. The molecule has 41 heavy (non-hydrogen) atoms. The summed E-state index contributed by atoms with van der Waals surface area (Å²) in [5, 5.41) is 23.4. The second kappa shape index (κ2) is 13.9. The molecule has 2 amide bonds. The number of carbonyl (C=O) groups is 4. The number of nitrogens with zero attached hydrogens (tertiary/aromatic N) is 4. The van der Waals surface area contributed by atoms with Crippen LogP contribution >= 0.6 is 0 Å². The number of benzene rings is 1. The highest BCUT2D eigenvalue weighted by Gasteiger charge is 2.31. The van der Waals surface area contributed by atoms with Gasteiger partial charge in [0.05, 0.1) is 31.5 Å². The Morgan fingerprint density at radius 1 is 1.07 bits per heavy atom. The Labute approximate surface area is 237 Å². The van der Waals surface area contributed by atoms with Crippen LogP contribution in [-0.2, 0) is 19.2 Å². The number of carboxylic acids is 1. The highest BCUT2D eigenvalue weighted by molar-refractivity contribution is 5.97. The van der Waals surface area contributed by atoms with E-state index < -0.39 is 36.1 Å². The Hall–Kier alpha value is -4.23. The van der Waals surface area contributed by atoms with Crippen molar-refractivity contribution in [2.75, 3.05) is 50.8 Å². The van der Waals surface area contributed by atoms with Gasteiger partial charge < -0.3 is 34.9 Å². The molecule has 2 atom stereocenters. The summed E-state index contributed by atoms with van der Waals surface area (Å²) >= 11 is 0. The number of carbonyl (C=O) groups excluding carboxylic acids is 3. The quantitative estimate of drug-likeness (QED) is 0.356. The summed E-state index contributed by atoms with van der Waals surface area (Å²) in [5.41, 5.74) is 2.14. The number of carboxylic acid groups (broad SMARTS) is 1. The molecule has 3 N–H and O–H groups in total. The first-order valence-electron chi connectivity index (χ1n) is 13.6. The van der Waals surface area contributed by atoms with Gasteiger partial charge in [0.2, 0.25) is 5.91 Å². The Morgan fingerprint density at radius 2 is 1.80 bits per heavy atom. The number of pyridine rings is 1. The summed E-state index contributed by atoms with van der Waals surface area (Å²) < 4.78 is 4.77. The minimum absolute atomic E-state index is 0.0727. The number of piperazine rings is 1. The SMILES string of the molecule is CCOC(=O)ON1CCN(C(=O)[C@H](CCC(=O)O)NC(=O)c2cc(N3CC[C@@H](O)C3)cc(-c3ccccc3)n2)CC1. The summed E-state index contributed by atoms with van der Waals surface area (Å²) in [6, 6.07) is 11.7. The monoisotopic (exact) mass is 569 g/mol. The lowest BCUT2D eigenvalue weighted by Gasteiger charge is -2.35. The molecule has 0 saturated carbocycles. The van der Waals surface area contributed by atoms with Gasteiger partial charge in [-0.25, -0.2) is 9.78 Å². The third-order valence-corrected chi connectivity index (χ3v) is 6.91. The van der Waals surface area contributed by atoms with Crippen molar-refractivity contribution >= 4 is 29.6 Å². The van der Waals surface area contributed by atoms with Crippen LogP contribution in [0.4, 0.5) is 10.5 Å². The van der Waals surface area contributed by atoms with Crippen LogP contribution in [0.5, 0.6) is 0 Å². The highest BCUT2D eigenvalue weighted by atomic mass is 16.8. The topological polar surface area (TPSA) is 162 Å². The van der Waals surface area contributed by atoms with Gasteiger partial charge in [-0.2, -0.15) is 0 Å².